The Hall–Kier alpha value is -1.43. The minimum absolute atomic E-state index is 0.481. The maximum absolute atomic E-state index is 5.56. The summed E-state index contributed by atoms with van der Waals surface area (Å²) in [5.41, 5.74) is 6.71. The van der Waals surface area contributed by atoms with Gasteiger partial charge in [-0.05, 0) is 12.5 Å². The number of aromatic nitrogens is 4. The number of nitrogen functional groups attached to an aromatic ring is 1. The third-order valence-corrected chi connectivity index (χ3v) is 3.56. The molecule has 2 heterocycles. The number of hydrogen-bond donors (Lipinski definition) is 1. The molecule has 0 spiro atoms. The third-order valence-electron chi connectivity index (χ3n) is 2.68. The van der Waals surface area contributed by atoms with Gasteiger partial charge in [-0.2, -0.15) is 5.10 Å². The van der Waals surface area contributed by atoms with E-state index in [0.29, 0.717) is 17.0 Å². The van der Waals surface area contributed by atoms with Crippen LogP contribution in [0.3, 0.4) is 0 Å². The average Bonchev–Trinajstić information content (AvgIpc) is 2.70. The molecule has 0 bridgehead atoms. The van der Waals surface area contributed by atoms with E-state index in [2.05, 4.69) is 21.4 Å². The van der Waals surface area contributed by atoms with Gasteiger partial charge >= 0.3 is 0 Å². The fraction of sp³-hybridized carbons (Fsp3) is 0.444. The smallest absolute Gasteiger partial charge is 0.203 e. The van der Waals surface area contributed by atoms with Crippen LogP contribution in [0.4, 0.5) is 5.13 Å². The minimum Gasteiger partial charge on any atom is -0.374 e. The number of rotatable bonds is 2. The molecule has 0 saturated heterocycles. The second-order valence-electron chi connectivity index (χ2n) is 3.84. The summed E-state index contributed by atoms with van der Waals surface area (Å²) in [6, 6.07) is 2.06. The second-order valence-corrected chi connectivity index (χ2v) is 4.88. The molecule has 78 valence electrons. The van der Waals surface area contributed by atoms with Crippen LogP contribution in [-0.4, -0.2) is 20.0 Å². The number of nitrogens with zero attached hydrogens (tertiary/aromatic N) is 4. The summed E-state index contributed by atoms with van der Waals surface area (Å²) in [4.78, 5) is 0. The Morgan fingerprint density at radius 2 is 2.33 bits per heavy atom. The lowest BCUT2D eigenvalue weighted by atomic mass is 10.2. The highest BCUT2D eigenvalue weighted by Gasteiger charge is 2.43. The minimum atomic E-state index is 0.481. The highest BCUT2D eigenvalue weighted by atomic mass is 32.1. The molecule has 1 saturated carbocycles. The molecule has 5 nitrogen and oxygen atoms in total. The Bertz CT molecular complexity index is 444. The van der Waals surface area contributed by atoms with Gasteiger partial charge in [0.2, 0.25) is 5.13 Å². The fourth-order valence-corrected chi connectivity index (χ4v) is 2.61. The third kappa shape index (κ3) is 1.50. The Morgan fingerprint density at radius 3 is 2.93 bits per heavy atom. The largest absolute Gasteiger partial charge is 0.374 e. The summed E-state index contributed by atoms with van der Waals surface area (Å²) < 4.78 is 1.83. The fourth-order valence-electron chi connectivity index (χ4n) is 1.82. The predicted molar refractivity (Wildman–Crippen MR) is 57.6 cm³/mol. The Morgan fingerprint density at radius 1 is 1.47 bits per heavy atom. The lowest BCUT2D eigenvalue weighted by Gasteiger charge is -1.91. The van der Waals surface area contributed by atoms with Crippen LogP contribution in [0.2, 0.25) is 0 Å². The van der Waals surface area contributed by atoms with E-state index in [-0.39, 0.29) is 0 Å². The van der Waals surface area contributed by atoms with Crippen molar-refractivity contribution in [2.45, 2.75) is 18.3 Å². The summed E-state index contributed by atoms with van der Waals surface area (Å²) in [6.45, 7) is 0. The molecule has 0 amide bonds. The Kier molecular flexibility index (Phi) is 1.79. The van der Waals surface area contributed by atoms with E-state index in [4.69, 9.17) is 5.73 Å². The number of hydrogen-bond acceptors (Lipinski definition) is 5. The Balaban J connectivity index is 1.79. The van der Waals surface area contributed by atoms with Crippen LogP contribution in [0.5, 0.6) is 0 Å². The molecular formula is C9H11N5S. The van der Waals surface area contributed by atoms with Gasteiger partial charge in [-0.15, -0.1) is 10.2 Å². The topological polar surface area (TPSA) is 69.6 Å². The van der Waals surface area contributed by atoms with Gasteiger partial charge in [-0.25, -0.2) is 0 Å². The first-order chi connectivity index (χ1) is 7.24. The van der Waals surface area contributed by atoms with Gasteiger partial charge in [0.25, 0.3) is 0 Å². The molecular weight excluding hydrogens is 210 g/mol. The van der Waals surface area contributed by atoms with Crippen molar-refractivity contribution in [3.8, 4) is 0 Å². The molecule has 1 fully saturated rings. The van der Waals surface area contributed by atoms with Crippen LogP contribution >= 0.6 is 11.3 Å². The van der Waals surface area contributed by atoms with Gasteiger partial charge in [-0.1, -0.05) is 11.3 Å². The van der Waals surface area contributed by atoms with Crippen LogP contribution in [0, 0.1) is 0 Å². The van der Waals surface area contributed by atoms with Gasteiger partial charge in [0.05, 0.1) is 5.69 Å². The van der Waals surface area contributed by atoms with Crippen molar-refractivity contribution < 1.29 is 0 Å². The van der Waals surface area contributed by atoms with E-state index in [1.54, 1.807) is 0 Å². The Labute approximate surface area is 90.9 Å². The quantitative estimate of drug-likeness (QED) is 0.825. The molecule has 0 radical (unpaired) electrons. The molecule has 15 heavy (non-hydrogen) atoms. The molecule has 1 aliphatic rings. The zero-order valence-electron chi connectivity index (χ0n) is 8.29. The first kappa shape index (κ1) is 8.84. The van der Waals surface area contributed by atoms with Crippen molar-refractivity contribution in [1.29, 1.82) is 0 Å². The van der Waals surface area contributed by atoms with Crippen molar-refractivity contribution in [3.63, 3.8) is 0 Å². The molecule has 1 aliphatic carbocycles. The van der Waals surface area contributed by atoms with Gasteiger partial charge in [0.15, 0.2) is 0 Å². The molecule has 2 N–H and O–H groups in total. The van der Waals surface area contributed by atoms with E-state index < -0.39 is 0 Å². The number of aryl methyl sites for hydroxylation is 1. The molecule has 2 aromatic heterocycles. The summed E-state index contributed by atoms with van der Waals surface area (Å²) in [5, 5.41) is 13.9. The van der Waals surface area contributed by atoms with E-state index in [0.717, 1.165) is 17.1 Å². The van der Waals surface area contributed by atoms with Crippen LogP contribution in [-0.2, 0) is 7.05 Å². The maximum atomic E-state index is 5.56. The molecule has 0 aliphatic heterocycles. The van der Waals surface area contributed by atoms with Crippen molar-refractivity contribution in [3.05, 3.63) is 23.0 Å². The molecule has 0 aromatic carbocycles. The van der Waals surface area contributed by atoms with Crippen LogP contribution in [0.15, 0.2) is 12.3 Å². The predicted octanol–water partition coefficient (Wildman–Crippen LogP) is 1.12. The number of anilines is 1. The van der Waals surface area contributed by atoms with Crippen LogP contribution in [0.25, 0.3) is 0 Å². The molecule has 2 aromatic rings. The van der Waals surface area contributed by atoms with Gasteiger partial charge in [-0.3, -0.25) is 4.68 Å². The summed E-state index contributed by atoms with van der Waals surface area (Å²) in [5.74, 6) is 0.994. The zero-order chi connectivity index (χ0) is 10.4. The molecule has 3 rings (SSSR count). The zero-order valence-corrected chi connectivity index (χ0v) is 9.11. The van der Waals surface area contributed by atoms with Crippen molar-refractivity contribution in [2.75, 3.05) is 5.73 Å². The van der Waals surface area contributed by atoms with Crippen molar-refractivity contribution in [1.82, 2.24) is 20.0 Å². The van der Waals surface area contributed by atoms with E-state index >= 15 is 0 Å². The van der Waals surface area contributed by atoms with Crippen molar-refractivity contribution in [2.24, 2.45) is 7.05 Å². The first-order valence-electron chi connectivity index (χ1n) is 4.82. The summed E-state index contributed by atoms with van der Waals surface area (Å²) >= 11 is 1.48. The monoisotopic (exact) mass is 221 g/mol. The van der Waals surface area contributed by atoms with E-state index in [9.17, 15) is 0 Å². The lowest BCUT2D eigenvalue weighted by Crippen LogP contribution is -1.90. The highest BCUT2D eigenvalue weighted by Crippen LogP contribution is 2.54. The lowest BCUT2D eigenvalue weighted by molar-refractivity contribution is 0.740. The highest BCUT2D eigenvalue weighted by molar-refractivity contribution is 7.15. The van der Waals surface area contributed by atoms with E-state index in [1.807, 2.05) is 17.9 Å². The number of nitrogens with two attached hydrogens (primary N) is 1. The van der Waals surface area contributed by atoms with Gasteiger partial charge in [0.1, 0.15) is 5.01 Å². The summed E-state index contributed by atoms with van der Waals surface area (Å²) in [6.07, 6.45) is 3.09. The normalized spacial score (nSPS) is 24.3. The maximum Gasteiger partial charge on any atom is 0.203 e. The van der Waals surface area contributed by atoms with Gasteiger partial charge < -0.3 is 5.73 Å². The standard InChI is InChI=1S/C9H11N5S/c1-14-3-2-7(13-14)5-4-6(5)8-11-12-9(10)15-8/h2-3,5-6H,4H2,1H3,(H2,10,12)/t5-,6-/m0/s1. The molecule has 0 unspecified atom stereocenters. The van der Waals surface area contributed by atoms with Gasteiger partial charge in [0, 0.05) is 25.1 Å². The average molecular weight is 221 g/mol. The van der Waals surface area contributed by atoms with Crippen molar-refractivity contribution >= 4 is 16.5 Å². The second kappa shape index (κ2) is 3.03. The molecule has 6 heteroatoms. The first-order valence-corrected chi connectivity index (χ1v) is 5.64. The van der Waals surface area contributed by atoms with E-state index in [1.165, 1.54) is 11.3 Å². The van der Waals surface area contributed by atoms with Crippen LogP contribution < -0.4 is 5.73 Å². The SMILES string of the molecule is Cn1ccc([C@H]2C[C@@H]2c2nnc(N)s2)n1. The van der Waals surface area contributed by atoms with Crippen LogP contribution in [0.1, 0.15) is 29.0 Å². The molecule has 2 atom stereocenters. The summed E-state index contributed by atoms with van der Waals surface area (Å²) in [7, 11) is 1.93.